The van der Waals surface area contributed by atoms with Crippen molar-refractivity contribution < 1.29 is 4.39 Å². The summed E-state index contributed by atoms with van der Waals surface area (Å²) in [6, 6.07) is 11.0. The lowest BCUT2D eigenvalue weighted by Crippen LogP contribution is -2.30. The standard InChI is InChI=1S/C19H20FN3S/c1-12-3-5-17(13(2)9-12)23-19(24)21-8-7-14-11-22-18-6-4-15(20)10-16(14)18/h3-6,9-11,22H,7-8H2,1-2H3,(H2,21,23,24). The highest BCUT2D eigenvalue weighted by Gasteiger charge is 2.06. The number of hydrogen-bond donors (Lipinski definition) is 3. The van der Waals surface area contributed by atoms with Crippen LogP contribution in [0.25, 0.3) is 10.9 Å². The van der Waals surface area contributed by atoms with Crippen molar-refractivity contribution in [1.82, 2.24) is 10.3 Å². The number of aromatic amines is 1. The molecule has 2 aromatic carbocycles. The second kappa shape index (κ2) is 7.01. The summed E-state index contributed by atoms with van der Waals surface area (Å²) in [5.74, 6) is -0.219. The molecule has 1 heterocycles. The highest BCUT2D eigenvalue weighted by atomic mass is 32.1. The molecule has 3 nitrogen and oxygen atoms in total. The van der Waals surface area contributed by atoms with Crippen LogP contribution < -0.4 is 10.6 Å². The van der Waals surface area contributed by atoms with Gasteiger partial charge in [0.2, 0.25) is 0 Å². The highest BCUT2D eigenvalue weighted by molar-refractivity contribution is 7.80. The van der Waals surface area contributed by atoms with Crippen molar-refractivity contribution in [2.75, 3.05) is 11.9 Å². The first-order valence-corrected chi connectivity index (χ1v) is 8.31. The number of benzene rings is 2. The quantitative estimate of drug-likeness (QED) is 0.614. The van der Waals surface area contributed by atoms with Crippen LogP contribution >= 0.6 is 12.2 Å². The van der Waals surface area contributed by atoms with E-state index in [0.29, 0.717) is 11.7 Å². The number of fused-ring (bicyclic) bond motifs is 1. The Labute approximate surface area is 146 Å². The van der Waals surface area contributed by atoms with E-state index in [1.54, 1.807) is 12.1 Å². The van der Waals surface area contributed by atoms with E-state index in [-0.39, 0.29) is 5.82 Å². The largest absolute Gasteiger partial charge is 0.362 e. The SMILES string of the molecule is Cc1ccc(NC(=S)NCCc2c[nH]c3ccc(F)cc23)c(C)c1. The second-order valence-corrected chi connectivity index (χ2v) is 6.36. The van der Waals surface area contributed by atoms with Gasteiger partial charge in [0, 0.05) is 29.3 Å². The van der Waals surface area contributed by atoms with Gasteiger partial charge in [-0.2, -0.15) is 0 Å². The number of halogens is 1. The van der Waals surface area contributed by atoms with Gasteiger partial charge in [0.05, 0.1) is 0 Å². The van der Waals surface area contributed by atoms with Crippen LogP contribution in [0.1, 0.15) is 16.7 Å². The molecule has 0 bridgehead atoms. The molecule has 0 atom stereocenters. The van der Waals surface area contributed by atoms with Crippen LogP contribution in [0.5, 0.6) is 0 Å². The topological polar surface area (TPSA) is 39.8 Å². The predicted octanol–water partition coefficient (Wildman–Crippen LogP) is 4.45. The fourth-order valence-electron chi connectivity index (χ4n) is 2.79. The molecular weight excluding hydrogens is 321 g/mol. The minimum Gasteiger partial charge on any atom is -0.362 e. The lowest BCUT2D eigenvalue weighted by Gasteiger charge is -2.13. The van der Waals surface area contributed by atoms with Crippen molar-refractivity contribution in [3.8, 4) is 0 Å². The summed E-state index contributed by atoms with van der Waals surface area (Å²) in [4.78, 5) is 3.16. The Balaban J connectivity index is 1.57. The van der Waals surface area contributed by atoms with Crippen molar-refractivity contribution in [2.24, 2.45) is 0 Å². The van der Waals surface area contributed by atoms with Gasteiger partial charge >= 0.3 is 0 Å². The molecule has 3 rings (SSSR count). The molecule has 0 saturated heterocycles. The van der Waals surface area contributed by atoms with Gasteiger partial charge in [0.25, 0.3) is 0 Å². The van der Waals surface area contributed by atoms with Gasteiger partial charge in [-0.3, -0.25) is 0 Å². The van der Waals surface area contributed by atoms with Gasteiger partial charge in [-0.25, -0.2) is 4.39 Å². The molecule has 0 aliphatic carbocycles. The molecule has 0 unspecified atom stereocenters. The summed E-state index contributed by atoms with van der Waals surface area (Å²) < 4.78 is 13.4. The molecule has 0 fully saturated rings. The first-order chi connectivity index (χ1) is 11.5. The second-order valence-electron chi connectivity index (χ2n) is 5.95. The number of thiocarbonyl (C=S) groups is 1. The van der Waals surface area contributed by atoms with E-state index in [2.05, 4.69) is 41.6 Å². The highest BCUT2D eigenvalue weighted by Crippen LogP contribution is 2.19. The number of aromatic nitrogens is 1. The molecule has 0 aliphatic heterocycles. The minimum atomic E-state index is -0.219. The van der Waals surface area contributed by atoms with Crippen molar-refractivity contribution in [2.45, 2.75) is 20.3 Å². The molecule has 124 valence electrons. The molecule has 0 aliphatic rings. The number of rotatable bonds is 4. The van der Waals surface area contributed by atoms with Gasteiger partial charge in [0.1, 0.15) is 5.82 Å². The van der Waals surface area contributed by atoms with Gasteiger partial charge < -0.3 is 15.6 Å². The van der Waals surface area contributed by atoms with Crippen LogP contribution in [0.4, 0.5) is 10.1 Å². The maximum atomic E-state index is 13.4. The van der Waals surface area contributed by atoms with E-state index in [1.165, 1.54) is 11.6 Å². The summed E-state index contributed by atoms with van der Waals surface area (Å²) in [6.07, 6.45) is 2.69. The summed E-state index contributed by atoms with van der Waals surface area (Å²) in [6.45, 7) is 4.80. The van der Waals surface area contributed by atoms with Crippen LogP contribution in [0, 0.1) is 19.7 Å². The number of aryl methyl sites for hydroxylation is 2. The zero-order valence-corrected chi connectivity index (χ0v) is 14.6. The maximum Gasteiger partial charge on any atom is 0.170 e. The Kier molecular flexibility index (Phi) is 4.81. The van der Waals surface area contributed by atoms with Crippen molar-refractivity contribution in [1.29, 1.82) is 0 Å². The average Bonchev–Trinajstić information content (AvgIpc) is 2.92. The monoisotopic (exact) mass is 341 g/mol. The van der Waals surface area contributed by atoms with E-state index in [4.69, 9.17) is 12.2 Å². The Morgan fingerprint density at radius 3 is 2.79 bits per heavy atom. The summed E-state index contributed by atoms with van der Waals surface area (Å²) in [5.41, 5.74) is 5.41. The number of nitrogens with one attached hydrogen (secondary N) is 3. The number of hydrogen-bond acceptors (Lipinski definition) is 1. The molecule has 0 spiro atoms. The summed E-state index contributed by atoms with van der Waals surface area (Å²) in [5, 5.41) is 7.93. The lowest BCUT2D eigenvalue weighted by atomic mass is 10.1. The average molecular weight is 341 g/mol. The molecule has 5 heteroatoms. The number of anilines is 1. The van der Waals surface area contributed by atoms with Crippen LogP contribution in [0.3, 0.4) is 0 Å². The van der Waals surface area contributed by atoms with Crippen molar-refractivity contribution in [3.63, 3.8) is 0 Å². The number of H-pyrrole nitrogens is 1. The van der Waals surface area contributed by atoms with Crippen molar-refractivity contribution >= 4 is 33.9 Å². The first-order valence-electron chi connectivity index (χ1n) is 7.90. The molecule has 0 saturated carbocycles. The Morgan fingerprint density at radius 1 is 1.17 bits per heavy atom. The third-order valence-corrected chi connectivity index (χ3v) is 4.29. The molecule has 3 aromatic rings. The molecule has 0 amide bonds. The van der Waals surface area contributed by atoms with Gasteiger partial charge in [-0.15, -0.1) is 0 Å². The Bertz CT molecular complexity index is 885. The fourth-order valence-corrected chi connectivity index (χ4v) is 3.00. The summed E-state index contributed by atoms with van der Waals surface area (Å²) >= 11 is 5.35. The smallest absolute Gasteiger partial charge is 0.170 e. The van der Waals surface area contributed by atoms with Gasteiger partial charge in [-0.1, -0.05) is 17.7 Å². The summed E-state index contributed by atoms with van der Waals surface area (Å²) in [7, 11) is 0. The Hall–Kier alpha value is -2.40. The van der Waals surface area contributed by atoms with E-state index >= 15 is 0 Å². The zero-order chi connectivity index (χ0) is 17.1. The lowest BCUT2D eigenvalue weighted by molar-refractivity contribution is 0.629. The molecule has 3 N–H and O–H groups in total. The van der Waals surface area contributed by atoms with Crippen molar-refractivity contribution in [3.05, 3.63) is 65.1 Å². The third kappa shape index (κ3) is 3.74. The maximum absolute atomic E-state index is 13.4. The van der Waals surface area contributed by atoms with E-state index in [1.807, 2.05) is 12.3 Å². The third-order valence-electron chi connectivity index (χ3n) is 4.04. The Morgan fingerprint density at radius 2 is 2.00 bits per heavy atom. The van der Waals surface area contributed by atoms with Crippen LogP contribution in [0.15, 0.2) is 42.6 Å². The predicted molar refractivity (Wildman–Crippen MR) is 102 cm³/mol. The first kappa shape index (κ1) is 16.5. The van der Waals surface area contributed by atoms with Crippen LogP contribution in [0.2, 0.25) is 0 Å². The normalized spacial score (nSPS) is 10.8. The molecular formula is C19H20FN3S. The van der Waals surface area contributed by atoms with Gasteiger partial charge in [-0.05, 0) is 67.9 Å². The van der Waals surface area contributed by atoms with E-state index in [0.717, 1.165) is 34.1 Å². The molecule has 24 heavy (non-hydrogen) atoms. The minimum absolute atomic E-state index is 0.219. The van der Waals surface area contributed by atoms with Crippen LogP contribution in [-0.2, 0) is 6.42 Å². The van der Waals surface area contributed by atoms with E-state index < -0.39 is 0 Å². The van der Waals surface area contributed by atoms with Crippen LogP contribution in [-0.4, -0.2) is 16.6 Å². The molecule has 0 radical (unpaired) electrons. The van der Waals surface area contributed by atoms with Gasteiger partial charge in [0.15, 0.2) is 5.11 Å². The zero-order valence-electron chi connectivity index (χ0n) is 13.7. The van der Waals surface area contributed by atoms with E-state index in [9.17, 15) is 4.39 Å². The fraction of sp³-hybridized carbons (Fsp3) is 0.211. The molecule has 1 aromatic heterocycles.